The third-order valence-corrected chi connectivity index (χ3v) is 4.16. The Morgan fingerprint density at radius 2 is 1.63 bits per heavy atom. The van der Waals surface area contributed by atoms with Crippen LogP contribution in [-0.4, -0.2) is 93.3 Å². The third kappa shape index (κ3) is 20.2. The number of amides is 2. The molecule has 0 radical (unpaired) electrons. The van der Waals surface area contributed by atoms with Gasteiger partial charge in [0, 0.05) is 26.4 Å². The highest BCUT2D eigenvalue weighted by Crippen LogP contribution is 2.22. The summed E-state index contributed by atoms with van der Waals surface area (Å²) in [4.78, 5) is 53.2. The number of nitrogens with one attached hydrogen (secondary N) is 1. The molecule has 1 fully saturated rings. The number of benzene rings is 1. The van der Waals surface area contributed by atoms with Crippen LogP contribution < -0.4 is 5.32 Å². The number of rotatable bonds is 8. The van der Waals surface area contributed by atoms with Crippen molar-refractivity contribution in [1.29, 1.82) is 0 Å². The molecule has 1 aliphatic rings. The van der Waals surface area contributed by atoms with Crippen molar-refractivity contribution in [2.75, 3.05) is 35.0 Å². The van der Waals surface area contributed by atoms with Crippen LogP contribution in [0, 0.1) is 6.92 Å². The lowest BCUT2D eigenvalue weighted by molar-refractivity contribution is -0.126. The smallest absolute Gasteiger partial charge is 0.471 e. The zero-order chi connectivity index (χ0) is 29.9. The zero-order valence-electron chi connectivity index (χ0n) is 22.9. The van der Waals surface area contributed by atoms with E-state index in [4.69, 9.17) is 29.3 Å². The number of carbonyl (C=O) groups is 5. The summed E-state index contributed by atoms with van der Waals surface area (Å²) in [6.07, 6.45) is 3.00. The highest BCUT2D eigenvalue weighted by atomic mass is 16.6. The van der Waals surface area contributed by atoms with Gasteiger partial charge in [0.15, 0.2) is 0 Å². The minimum atomic E-state index is -1.25. The number of nitrogens with zero attached hydrogens (tertiary/aromatic N) is 1. The van der Waals surface area contributed by atoms with Crippen LogP contribution in [0.5, 0.6) is 0 Å². The van der Waals surface area contributed by atoms with E-state index < -0.39 is 12.1 Å². The number of methoxy groups -OCH3 is 2. The maximum Gasteiger partial charge on any atom is 0.505 e. The fourth-order valence-electron chi connectivity index (χ4n) is 2.44. The summed E-state index contributed by atoms with van der Waals surface area (Å²) in [5.41, 5.74) is 1.60. The van der Waals surface area contributed by atoms with Crippen molar-refractivity contribution in [2.24, 2.45) is 0 Å². The summed E-state index contributed by atoms with van der Waals surface area (Å²) in [7, 11) is 5.19. The quantitative estimate of drug-likeness (QED) is 0.188. The van der Waals surface area contributed by atoms with E-state index in [1.807, 2.05) is 38.2 Å². The highest BCUT2D eigenvalue weighted by Gasteiger charge is 2.28. The molecular formula is C25H40N2O11. The molecule has 2 atom stereocenters. The Hall–Kier alpha value is -3.97. The predicted octanol–water partition coefficient (Wildman–Crippen LogP) is 2.11. The molecule has 0 saturated carbocycles. The average molecular weight is 545 g/mol. The van der Waals surface area contributed by atoms with Crippen molar-refractivity contribution in [3.8, 4) is 0 Å². The van der Waals surface area contributed by atoms with Gasteiger partial charge in [0.2, 0.25) is 6.41 Å². The van der Waals surface area contributed by atoms with Gasteiger partial charge in [-0.3, -0.25) is 19.7 Å². The lowest BCUT2D eigenvalue weighted by Gasteiger charge is -2.22. The first kappa shape index (κ1) is 38.6. The number of carboxylic acid groups (broad SMARTS) is 1. The number of hydrogen-bond donors (Lipinski definition) is 3. The molecule has 2 amide bonds. The van der Waals surface area contributed by atoms with Gasteiger partial charge < -0.3 is 34.1 Å². The summed E-state index contributed by atoms with van der Waals surface area (Å²) < 4.78 is 18.7. The summed E-state index contributed by atoms with van der Waals surface area (Å²) >= 11 is 0. The van der Waals surface area contributed by atoms with Gasteiger partial charge in [0.05, 0.1) is 25.9 Å². The lowest BCUT2D eigenvalue weighted by Crippen LogP contribution is -2.29. The third-order valence-electron chi connectivity index (χ3n) is 4.16. The molecule has 1 aromatic rings. The predicted molar refractivity (Wildman–Crippen MR) is 138 cm³/mol. The van der Waals surface area contributed by atoms with E-state index in [2.05, 4.69) is 9.47 Å². The molecule has 0 aromatic heterocycles. The van der Waals surface area contributed by atoms with E-state index in [9.17, 15) is 14.4 Å². The molecule has 0 bridgehead atoms. The van der Waals surface area contributed by atoms with Gasteiger partial charge in [-0.25, -0.2) is 9.59 Å². The molecule has 3 N–H and O–H groups in total. The molecule has 1 aromatic carbocycles. The zero-order valence-corrected chi connectivity index (χ0v) is 22.9. The van der Waals surface area contributed by atoms with Crippen LogP contribution in [0.25, 0.3) is 0 Å². The van der Waals surface area contributed by atoms with Gasteiger partial charge >= 0.3 is 12.1 Å². The van der Waals surface area contributed by atoms with Crippen LogP contribution in [0.15, 0.2) is 36.5 Å². The number of hydrogen-bond acceptors (Lipinski definition) is 11. The highest BCUT2D eigenvalue weighted by molar-refractivity contribution is 5.94. The molecule has 13 nitrogen and oxygen atoms in total. The molecule has 2 rings (SSSR count). The van der Waals surface area contributed by atoms with E-state index in [1.54, 1.807) is 30.3 Å². The van der Waals surface area contributed by atoms with Crippen LogP contribution in [0.1, 0.15) is 42.6 Å². The van der Waals surface area contributed by atoms with E-state index in [0.29, 0.717) is 18.4 Å². The number of ether oxygens (including phenoxy) is 4. The lowest BCUT2D eigenvalue weighted by atomic mass is 10.1. The minimum absolute atomic E-state index is 0.181. The Balaban J connectivity index is -0.000000793. The summed E-state index contributed by atoms with van der Waals surface area (Å²) in [6, 6.07) is 7.19. The second kappa shape index (κ2) is 26.1. The number of imide groups is 1. The first-order valence-corrected chi connectivity index (χ1v) is 11.4. The Morgan fingerprint density at radius 3 is 2.08 bits per heavy atom. The SMILES string of the molecule is CC.CO.COC(=O)O.COC=O.Cc1ccc(C(=O)OCC2CCC(N(C)/C=C\C(=O)NC=O)O2)cc1. The molecule has 1 aliphatic heterocycles. The number of aliphatic hydroxyl groups excluding tert-OH is 1. The Labute approximate surface area is 223 Å². The molecule has 38 heavy (non-hydrogen) atoms. The van der Waals surface area contributed by atoms with Gasteiger partial charge in [-0.1, -0.05) is 31.5 Å². The van der Waals surface area contributed by atoms with Crippen LogP contribution in [-0.2, 0) is 33.3 Å². The standard InChI is InChI=1S/C18H22N2O5.C2H4O3.C2H4O2.C2H6.CH4O/c1-13-3-5-14(6-4-13)18(23)24-11-15-7-8-17(25-15)20(2)10-9-16(22)19-12-21;1-5-2(3)4;1-4-2-3;2*1-2/h3-6,9-10,12,15,17H,7-8,11H2,1-2H3,(H,19,21,22);1H3,(H,3,4);2H,1H3;1-2H3;2H,1H3/b10-9-;;;;. The summed E-state index contributed by atoms with van der Waals surface area (Å²) in [5, 5.41) is 16.5. The number of aliphatic hydroxyl groups is 1. The maximum absolute atomic E-state index is 12.0. The van der Waals surface area contributed by atoms with E-state index in [1.165, 1.54) is 13.2 Å². The van der Waals surface area contributed by atoms with Crippen molar-refractivity contribution in [1.82, 2.24) is 10.2 Å². The Morgan fingerprint density at radius 1 is 1.11 bits per heavy atom. The van der Waals surface area contributed by atoms with Gasteiger partial charge in [-0.05, 0) is 31.9 Å². The Kier molecular flexibility index (Phi) is 26.5. The van der Waals surface area contributed by atoms with Crippen LogP contribution in [0.2, 0.25) is 0 Å². The van der Waals surface area contributed by atoms with Gasteiger partial charge in [-0.15, -0.1) is 0 Å². The van der Waals surface area contributed by atoms with E-state index in [0.717, 1.165) is 32.6 Å². The minimum Gasteiger partial charge on any atom is -0.471 e. The molecule has 1 saturated heterocycles. The van der Waals surface area contributed by atoms with Crippen LogP contribution in [0.4, 0.5) is 4.79 Å². The first-order valence-electron chi connectivity index (χ1n) is 11.4. The van der Waals surface area contributed by atoms with Crippen molar-refractivity contribution < 1.29 is 53.1 Å². The second-order valence-corrected chi connectivity index (χ2v) is 6.66. The number of aryl methyl sites for hydroxylation is 1. The monoisotopic (exact) mass is 544 g/mol. The van der Waals surface area contributed by atoms with Gasteiger partial charge in [0.1, 0.15) is 12.8 Å². The Bertz CT molecular complexity index is 814. The molecule has 13 heteroatoms. The van der Waals surface area contributed by atoms with E-state index >= 15 is 0 Å². The van der Waals surface area contributed by atoms with Crippen molar-refractivity contribution in [3.05, 3.63) is 47.7 Å². The molecule has 2 unspecified atom stereocenters. The van der Waals surface area contributed by atoms with Gasteiger partial charge in [-0.2, -0.15) is 0 Å². The van der Waals surface area contributed by atoms with E-state index in [-0.39, 0.29) is 24.9 Å². The fourth-order valence-corrected chi connectivity index (χ4v) is 2.44. The van der Waals surface area contributed by atoms with Crippen LogP contribution in [0.3, 0.4) is 0 Å². The summed E-state index contributed by atoms with van der Waals surface area (Å²) in [5.74, 6) is -0.866. The molecule has 0 aliphatic carbocycles. The number of carbonyl (C=O) groups excluding carboxylic acids is 4. The number of esters is 1. The van der Waals surface area contributed by atoms with Crippen LogP contribution >= 0.6 is 0 Å². The maximum atomic E-state index is 12.0. The normalized spacial score (nSPS) is 14.6. The fraction of sp³-hybridized carbons (Fsp3) is 0.480. The second-order valence-electron chi connectivity index (χ2n) is 6.66. The topological polar surface area (TPSA) is 178 Å². The van der Waals surface area contributed by atoms with Crippen molar-refractivity contribution in [2.45, 2.75) is 45.9 Å². The molecule has 216 valence electrons. The first-order chi connectivity index (χ1) is 18.2. The largest absolute Gasteiger partial charge is 0.505 e. The molecular weight excluding hydrogens is 504 g/mol. The van der Waals surface area contributed by atoms with Gasteiger partial charge in [0.25, 0.3) is 12.4 Å². The van der Waals surface area contributed by atoms with Crippen molar-refractivity contribution >= 4 is 30.9 Å². The molecule has 1 heterocycles. The molecule has 0 spiro atoms. The average Bonchev–Trinajstić information content (AvgIpc) is 3.43. The van der Waals surface area contributed by atoms with Crippen molar-refractivity contribution in [3.63, 3.8) is 0 Å². The summed E-state index contributed by atoms with van der Waals surface area (Å²) in [6.45, 7) is 6.52.